The Balaban J connectivity index is 3.18. The van der Waals surface area contributed by atoms with Crippen molar-refractivity contribution in [2.45, 2.75) is 40.0 Å². The number of carbonyl (C=O) groups is 1. The van der Waals surface area contributed by atoms with Gasteiger partial charge in [0.2, 0.25) is 0 Å². The van der Waals surface area contributed by atoms with Crippen molar-refractivity contribution in [3.63, 3.8) is 0 Å². The monoisotopic (exact) mass is 263 g/mol. The van der Waals surface area contributed by atoms with Crippen LogP contribution >= 0.6 is 0 Å². The molecule has 0 bridgehead atoms. The Morgan fingerprint density at radius 2 is 1.84 bits per heavy atom. The first-order chi connectivity index (χ1) is 8.71. The molecule has 0 aliphatic heterocycles. The number of carboxylic acid groups (broad SMARTS) is 1. The van der Waals surface area contributed by atoms with Crippen LogP contribution in [0.2, 0.25) is 0 Å². The fraction of sp³-hybridized carbons (Fsp3) is 0.562. The molecule has 0 aliphatic carbocycles. The Kier molecular flexibility index (Phi) is 4.98. The van der Waals surface area contributed by atoms with Gasteiger partial charge in [-0.05, 0) is 23.0 Å². The molecule has 1 N–H and O–H groups in total. The van der Waals surface area contributed by atoms with Gasteiger partial charge in [-0.15, -0.1) is 0 Å². The quantitative estimate of drug-likeness (QED) is 0.883. The zero-order chi connectivity index (χ0) is 14.6. The topological polar surface area (TPSA) is 40.5 Å². The van der Waals surface area contributed by atoms with E-state index in [4.69, 9.17) is 5.11 Å². The molecule has 106 valence electrons. The summed E-state index contributed by atoms with van der Waals surface area (Å²) in [6.45, 7) is 11.5. The normalized spacial score (nSPS) is 11.7. The molecule has 0 aliphatic rings. The molecule has 0 atom stereocenters. The summed E-state index contributed by atoms with van der Waals surface area (Å²) in [7, 11) is 0. The molecule has 1 aromatic rings. The minimum absolute atomic E-state index is 0.00429. The summed E-state index contributed by atoms with van der Waals surface area (Å²) in [5.74, 6) is -0.364. The second-order valence-corrected chi connectivity index (χ2v) is 6.44. The van der Waals surface area contributed by atoms with Crippen LogP contribution in [0.15, 0.2) is 24.3 Å². The Morgan fingerprint density at radius 3 is 2.32 bits per heavy atom. The van der Waals surface area contributed by atoms with Crippen LogP contribution in [0.4, 0.5) is 5.69 Å². The van der Waals surface area contributed by atoms with Crippen molar-refractivity contribution in [3.8, 4) is 0 Å². The van der Waals surface area contributed by atoms with E-state index in [9.17, 15) is 4.79 Å². The van der Waals surface area contributed by atoms with Crippen LogP contribution in [0.1, 0.15) is 40.2 Å². The number of hydrogen-bond donors (Lipinski definition) is 1. The zero-order valence-electron chi connectivity index (χ0n) is 12.6. The maximum absolute atomic E-state index is 11.1. The van der Waals surface area contributed by atoms with E-state index in [-0.39, 0.29) is 12.0 Å². The smallest absolute Gasteiger partial charge is 0.323 e. The SMILES string of the molecule is CC(C)CN(CC(=O)O)c1ccccc1C(C)(C)C. The van der Waals surface area contributed by atoms with Crippen LogP contribution in [0.3, 0.4) is 0 Å². The molecule has 0 heterocycles. The van der Waals surface area contributed by atoms with Crippen LogP contribution in [-0.4, -0.2) is 24.2 Å². The molecule has 19 heavy (non-hydrogen) atoms. The number of nitrogens with zero attached hydrogens (tertiary/aromatic N) is 1. The van der Waals surface area contributed by atoms with Gasteiger partial charge >= 0.3 is 5.97 Å². The van der Waals surface area contributed by atoms with Gasteiger partial charge in [-0.25, -0.2) is 0 Å². The molecule has 0 fully saturated rings. The molecular formula is C16H25NO2. The highest BCUT2D eigenvalue weighted by Crippen LogP contribution is 2.32. The second-order valence-electron chi connectivity index (χ2n) is 6.44. The Morgan fingerprint density at radius 1 is 1.26 bits per heavy atom. The third kappa shape index (κ3) is 4.58. The van der Waals surface area contributed by atoms with Gasteiger partial charge < -0.3 is 10.0 Å². The molecule has 3 nitrogen and oxygen atoms in total. The van der Waals surface area contributed by atoms with E-state index >= 15 is 0 Å². The molecule has 0 saturated carbocycles. The lowest BCUT2D eigenvalue weighted by molar-refractivity contribution is -0.135. The number of anilines is 1. The first kappa shape index (κ1) is 15.5. The van der Waals surface area contributed by atoms with Gasteiger partial charge in [0.05, 0.1) is 0 Å². The van der Waals surface area contributed by atoms with Crippen molar-refractivity contribution in [1.29, 1.82) is 0 Å². The summed E-state index contributed by atoms with van der Waals surface area (Å²) in [6.07, 6.45) is 0. The van der Waals surface area contributed by atoms with E-state index < -0.39 is 5.97 Å². The molecule has 1 rings (SSSR count). The minimum atomic E-state index is -0.788. The van der Waals surface area contributed by atoms with E-state index in [1.807, 2.05) is 23.1 Å². The van der Waals surface area contributed by atoms with Crippen molar-refractivity contribution in [3.05, 3.63) is 29.8 Å². The Bertz CT molecular complexity index is 433. The van der Waals surface area contributed by atoms with Crippen molar-refractivity contribution < 1.29 is 9.90 Å². The number of rotatable bonds is 5. The number of benzene rings is 1. The van der Waals surface area contributed by atoms with Crippen LogP contribution in [0.5, 0.6) is 0 Å². The standard InChI is InChI=1S/C16H25NO2/c1-12(2)10-17(11-15(18)19)14-9-7-6-8-13(14)16(3,4)5/h6-9,12H,10-11H2,1-5H3,(H,18,19). The lowest BCUT2D eigenvalue weighted by Gasteiger charge is -2.31. The minimum Gasteiger partial charge on any atom is -0.480 e. The van der Waals surface area contributed by atoms with E-state index in [0.717, 1.165) is 12.2 Å². The van der Waals surface area contributed by atoms with E-state index in [2.05, 4.69) is 40.7 Å². The maximum atomic E-state index is 11.1. The first-order valence-corrected chi connectivity index (χ1v) is 6.78. The maximum Gasteiger partial charge on any atom is 0.323 e. The summed E-state index contributed by atoms with van der Waals surface area (Å²) in [4.78, 5) is 13.0. The fourth-order valence-electron chi connectivity index (χ4n) is 2.24. The van der Waals surface area contributed by atoms with E-state index in [0.29, 0.717) is 5.92 Å². The Hall–Kier alpha value is -1.51. The summed E-state index contributed by atoms with van der Waals surface area (Å²) in [5.41, 5.74) is 2.23. The predicted octanol–water partition coefficient (Wildman–Crippen LogP) is 3.53. The summed E-state index contributed by atoms with van der Waals surface area (Å²) in [6, 6.07) is 8.09. The van der Waals surface area contributed by atoms with Gasteiger partial charge in [-0.3, -0.25) is 4.79 Å². The predicted molar refractivity (Wildman–Crippen MR) is 79.8 cm³/mol. The van der Waals surface area contributed by atoms with Crippen LogP contribution < -0.4 is 4.90 Å². The van der Waals surface area contributed by atoms with E-state index in [1.54, 1.807) is 0 Å². The highest BCUT2D eigenvalue weighted by molar-refractivity contribution is 5.74. The number of carboxylic acids is 1. The van der Waals surface area contributed by atoms with Crippen LogP contribution in [-0.2, 0) is 10.2 Å². The molecule has 0 aromatic heterocycles. The van der Waals surface area contributed by atoms with Crippen molar-refractivity contribution in [2.75, 3.05) is 18.0 Å². The fourth-order valence-corrected chi connectivity index (χ4v) is 2.24. The molecule has 3 heteroatoms. The van der Waals surface area contributed by atoms with Gasteiger partial charge in [0, 0.05) is 12.2 Å². The van der Waals surface area contributed by atoms with Gasteiger partial charge in [0.25, 0.3) is 0 Å². The molecule has 1 aromatic carbocycles. The average Bonchev–Trinajstić information content (AvgIpc) is 2.25. The number of hydrogen-bond acceptors (Lipinski definition) is 2. The van der Waals surface area contributed by atoms with Gasteiger partial charge in [0.1, 0.15) is 6.54 Å². The molecule has 0 amide bonds. The molecule has 0 unspecified atom stereocenters. The molecule has 0 saturated heterocycles. The highest BCUT2D eigenvalue weighted by atomic mass is 16.4. The van der Waals surface area contributed by atoms with Gasteiger partial charge in [-0.1, -0.05) is 52.8 Å². The summed E-state index contributed by atoms with van der Waals surface area (Å²) < 4.78 is 0. The Labute approximate surface area is 116 Å². The third-order valence-corrected chi connectivity index (χ3v) is 2.96. The summed E-state index contributed by atoms with van der Waals surface area (Å²) in [5, 5.41) is 9.11. The third-order valence-electron chi connectivity index (χ3n) is 2.96. The number of para-hydroxylation sites is 1. The van der Waals surface area contributed by atoms with Crippen LogP contribution in [0.25, 0.3) is 0 Å². The highest BCUT2D eigenvalue weighted by Gasteiger charge is 2.22. The van der Waals surface area contributed by atoms with Crippen molar-refractivity contribution in [1.82, 2.24) is 0 Å². The zero-order valence-corrected chi connectivity index (χ0v) is 12.6. The van der Waals surface area contributed by atoms with Crippen LogP contribution in [0, 0.1) is 5.92 Å². The second kappa shape index (κ2) is 6.09. The first-order valence-electron chi connectivity index (χ1n) is 6.78. The average molecular weight is 263 g/mol. The largest absolute Gasteiger partial charge is 0.480 e. The van der Waals surface area contributed by atoms with Gasteiger partial charge in [0.15, 0.2) is 0 Å². The summed E-state index contributed by atoms with van der Waals surface area (Å²) >= 11 is 0. The molecule has 0 spiro atoms. The lowest BCUT2D eigenvalue weighted by atomic mass is 9.85. The molecular weight excluding hydrogens is 238 g/mol. The van der Waals surface area contributed by atoms with Gasteiger partial charge in [-0.2, -0.15) is 0 Å². The lowest BCUT2D eigenvalue weighted by Crippen LogP contribution is -2.34. The van der Waals surface area contributed by atoms with Crippen molar-refractivity contribution >= 4 is 11.7 Å². The van der Waals surface area contributed by atoms with E-state index in [1.165, 1.54) is 5.56 Å². The number of aliphatic carboxylic acids is 1. The van der Waals surface area contributed by atoms with Crippen molar-refractivity contribution in [2.24, 2.45) is 5.92 Å². The molecule has 0 radical (unpaired) electrons.